The van der Waals surface area contributed by atoms with E-state index in [4.69, 9.17) is 0 Å². The van der Waals surface area contributed by atoms with Gasteiger partial charge in [-0.1, -0.05) is 26.8 Å². The van der Waals surface area contributed by atoms with Crippen molar-refractivity contribution in [2.45, 2.75) is 41.0 Å². The van der Waals surface area contributed by atoms with Crippen LogP contribution in [0.1, 0.15) is 41.0 Å². The Morgan fingerprint density at radius 3 is 1.90 bits per heavy atom. The van der Waals surface area contributed by atoms with Gasteiger partial charge in [-0.2, -0.15) is 0 Å². The fraction of sp³-hybridized carbons (Fsp3) is 0.667. The van der Waals surface area contributed by atoms with E-state index in [1.165, 1.54) is 0 Å². The van der Waals surface area contributed by atoms with Gasteiger partial charge in [-0.05, 0) is 20.3 Å². The first-order valence-corrected chi connectivity index (χ1v) is 3.99. The van der Waals surface area contributed by atoms with E-state index in [2.05, 4.69) is 11.9 Å². The van der Waals surface area contributed by atoms with Crippen molar-refractivity contribution in [1.82, 2.24) is 0 Å². The molecule has 10 heavy (non-hydrogen) atoms. The molecule has 0 aromatic rings. The van der Waals surface area contributed by atoms with Crippen molar-refractivity contribution in [2.24, 2.45) is 4.99 Å². The molecule has 0 aromatic carbocycles. The fourth-order valence-corrected chi connectivity index (χ4v) is 0.536. The van der Waals surface area contributed by atoms with E-state index in [0.29, 0.717) is 0 Å². The second-order valence-electron chi connectivity index (χ2n) is 1.52. The summed E-state index contributed by atoms with van der Waals surface area (Å²) >= 11 is 0. The van der Waals surface area contributed by atoms with Crippen LogP contribution in [0, 0.1) is 0 Å². The summed E-state index contributed by atoms with van der Waals surface area (Å²) in [6, 6.07) is 0. The summed E-state index contributed by atoms with van der Waals surface area (Å²) < 4.78 is 0. The lowest BCUT2D eigenvalue weighted by Crippen LogP contribution is -1.72. The Morgan fingerprint density at radius 2 is 1.80 bits per heavy atom. The molecule has 0 aliphatic carbocycles. The van der Waals surface area contributed by atoms with Gasteiger partial charge in [-0.3, -0.25) is 4.99 Å². The van der Waals surface area contributed by atoms with Crippen molar-refractivity contribution in [2.75, 3.05) is 0 Å². The van der Waals surface area contributed by atoms with E-state index >= 15 is 0 Å². The largest absolute Gasteiger partial charge is 0.266 e. The standard InChI is InChI=1S/C7H13N.C2H6/c1-4-7(5-2)8-6-3;1-2/h4,6H,5H2,1-3H3;1-2H3/b7-4-,8-6?;. The zero-order valence-corrected chi connectivity index (χ0v) is 7.81. The molecule has 0 heterocycles. The Morgan fingerprint density at radius 1 is 1.30 bits per heavy atom. The van der Waals surface area contributed by atoms with Crippen LogP contribution in [0.15, 0.2) is 16.8 Å². The molecule has 0 aromatic heterocycles. The average molecular weight is 141 g/mol. The maximum absolute atomic E-state index is 4.10. The molecule has 0 spiro atoms. The topological polar surface area (TPSA) is 12.4 Å². The molecular formula is C9H19N. The molecule has 0 saturated heterocycles. The Bertz CT molecular complexity index is 98.5. The van der Waals surface area contributed by atoms with Gasteiger partial charge < -0.3 is 0 Å². The molecule has 0 rings (SSSR count). The van der Waals surface area contributed by atoms with Gasteiger partial charge >= 0.3 is 0 Å². The van der Waals surface area contributed by atoms with Crippen LogP contribution in [0.4, 0.5) is 0 Å². The van der Waals surface area contributed by atoms with E-state index in [9.17, 15) is 0 Å². The van der Waals surface area contributed by atoms with Gasteiger partial charge in [0.2, 0.25) is 0 Å². The van der Waals surface area contributed by atoms with Crippen LogP contribution >= 0.6 is 0 Å². The first-order valence-electron chi connectivity index (χ1n) is 3.99. The SMILES string of the molecule is CC.CC=N/C(=C\C)CC. The Balaban J connectivity index is 0. The normalized spacial score (nSPS) is 11.1. The first-order chi connectivity index (χ1) is 4.85. The summed E-state index contributed by atoms with van der Waals surface area (Å²) in [5.74, 6) is 0. The quantitative estimate of drug-likeness (QED) is 0.522. The molecule has 0 fully saturated rings. The maximum atomic E-state index is 4.10. The van der Waals surface area contributed by atoms with E-state index in [-0.39, 0.29) is 0 Å². The minimum Gasteiger partial charge on any atom is -0.266 e. The van der Waals surface area contributed by atoms with Gasteiger partial charge in [0.25, 0.3) is 0 Å². The van der Waals surface area contributed by atoms with Gasteiger partial charge in [0, 0.05) is 11.9 Å². The lowest BCUT2D eigenvalue weighted by Gasteiger charge is -1.89. The number of nitrogens with zero attached hydrogens (tertiary/aromatic N) is 1. The molecule has 0 atom stereocenters. The van der Waals surface area contributed by atoms with E-state index < -0.39 is 0 Å². The van der Waals surface area contributed by atoms with E-state index in [1.807, 2.05) is 40.0 Å². The third-order valence-electron chi connectivity index (χ3n) is 0.990. The second-order valence-corrected chi connectivity index (χ2v) is 1.52. The van der Waals surface area contributed by atoms with Crippen LogP contribution < -0.4 is 0 Å². The molecule has 60 valence electrons. The Labute approximate surface area is 64.9 Å². The van der Waals surface area contributed by atoms with Gasteiger partial charge in [0.05, 0.1) is 0 Å². The smallest absolute Gasteiger partial charge is 0.0354 e. The highest BCUT2D eigenvalue weighted by Crippen LogP contribution is 1.99. The molecule has 0 N–H and O–H groups in total. The third-order valence-corrected chi connectivity index (χ3v) is 0.990. The van der Waals surface area contributed by atoms with E-state index in [1.54, 1.807) is 0 Å². The number of rotatable bonds is 2. The molecule has 0 bridgehead atoms. The van der Waals surface area contributed by atoms with Crippen molar-refractivity contribution in [3.05, 3.63) is 11.8 Å². The van der Waals surface area contributed by atoms with Crippen molar-refractivity contribution < 1.29 is 0 Å². The minimum atomic E-state index is 1.03. The molecule has 0 amide bonds. The molecule has 0 unspecified atom stereocenters. The second kappa shape index (κ2) is 11.2. The Kier molecular flexibility index (Phi) is 13.6. The zero-order chi connectivity index (χ0) is 8.41. The van der Waals surface area contributed by atoms with Gasteiger partial charge in [-0.15, -0.1) is 0 Å². The molecule has 0 aliphatic heterocycles. The van der Waals surface area contributed by atoms with Crippen LogP contribution in [0.3, 0.4) is 0 Å². The average Bonchev–Trinajstić information content (AvgIpc) is 2.04. The van der Waals surface area contributed by atoms with Crippen molar-refractivity contribution in [3.8, 4) is 0 Å². The predicted molar refractivity (Wildman–Crippen MR) is 49.6 cm³/mol. The van der Waals surface area contributed by atoms with Gasteiger partial charge in [0.15, 0.2) is 0 Å². The van der Waals surface area contributed by atoms with Crippen molar-refractivity contribution in [3.63, 3.8) is 0 Å². The number of hydrogen-bond donors (Lipinski definition) is 0. The van der Waals surface area contributed by atoms with E-state index in [0.717, 1.165) is 12.1 Å². The lowest BCUT2D eigenvalue weighted by molar-refractivity contribution is 1.06. The summed E-state index contributed by atoms with van der Waals surface area (Å²) in [5.41, 5.74) is 1.16. The molecule has 1 nitrogen and oxygen atoms in total. The summed E-state index contributed by atoms with van der Waals surface area (Å²) in [7, 11) is 0. The first kappa shape index (κ1) is 12.1. The molecule has 1 heteroatoms. The van der Waals surface area contributed by atoms with Crippen LogP contribution in [-0.2, 0) is 0 Å². The number of hydrogen-bond acceptors (Lipinski definition) is 1. The van der Waals surface area contributed by atoms with Gasteiger partial charge in [-0.25, -0.2) is 0 Å². The number of allylic oxidation sites excluding steroid dienone is 2. The van der Waals surface area contributed by atoms with Crippen LogP contribution in [0.25, 0.3) is 0 Å². The summed E-state index contributed by atoms with van der Waals surface area (Å²) in [6.07, 6.45) is 4.87. The predicted octanol–water partition coefficient (Wildman–Crippen LogP) is 3.42. The summed E-state index contributed by atoms with van der Waals surface area (Å²) in [6.45, 7) is 10.0. The maximum Gasteiger partial charge on any atom is 0.0354 e. The Hall–Kier alpha value is -0.590. The van der Waals surface area contributed by atoms with Crippen LogP contribution in [-0.4, -0.2) is 6.21 Å². The van der Waals surface area contributed by atoms with Gasteiger partial charge in [0.1, 0.15) is 0 Å². The monoisotopic (exact) mass is 141 g/mol. The fourth-order valence-electron chi connectivity index (χ4n) is 0.536. The molecule has 0 aliphatic rings. The molecule has 0 saturated carbocycles. The third kappa shape index (κ3) is 7.41. The molecular weight excluding hydrogens is 122 g/mol. The minimum absolute atomic E-state index is 1.03. The molecule has 0 radical (unpaired) electrons. The van der Waals surface area contributed by atoms with Crippen LogP contribution in [0.2, 0.25) is 0 Å². The van der Waals surface area contributed by atoms with Crippen molar-refractivity contribution >= 4 is 6.21 Å². The highest BCUT2D eigenvalue weighted by molar-refractivity contribution is 5.55. The van der Waals surface area contributed by atoms with Crippen molar-refractivity contribution in [1.29, 1.82) is 0 Å². The lowest BCUT2D eigenvalue weighted by atomic mass is 10.3. The zero-order valence-electron chi connectivity index (χ0n) is 7.81. The number of aliphatic imine (C=N–C) groups is 1. The summed E-state index contributed by atoms with van der Waals surface area (Å²) in [4.78, 5) is 4.10. The van der Waals surface area contributed by atoms with Crippen LogP contribution in [0.5, 0.6) is 0 Å². The summed E-state index contributed by atoms with van der Waals surface area (Å²) in [5, 5.41) is 0. The highest BCUT2D eigenvalue weighted by atomic mass is 14.7. The highest BCUT2D eigenvalue weighted by Gasteiger charge is 1.80.